The Bertz CT molecular complexity index is 1250. The molecular weight excluding hydrogens is 408 g/mol. The lowest BCUT2D eigenvalue weighted by atomic mass is 9.84. The number of nitrogens with one attached hydrogen (secondary N) is 1. The molecule has 5 rings (SSSR count). The summed E-state index contributed by atoms with van der Waals surface area (Å²) in [6.45, 7) is 2.72. The first-order valence-electron chi connectivity index (χ1n) is 10.7. The molecule has 2 heterocycles. The van der Waals surface area contributed by atoms with Crippen molar-refractivity contribution in [2.75, 3.05) is 31.5 Å². The van der Waals surface area contributed by atoms with Crippen LogP contribution in [0.1, 0.15) is 18.4 Å². The maximum Gasteiger partial charge on any atom is 0.262 e. The summed E-state index contributed by atoms with van der Waals surface area (Å²) in [6.07, 6.45) is 4.36. The number of benzene rings is 3. The summed E-state index contributed by atoms with van der Waals surface area (Å²) >= 11 is 0. The van der Waals surface area contributed by atoms with Gasteiger partial charge in [0.05, 0.1) is 4.90 Å². The van der Waals surface area contributed by atoms with Crippen molar-refractivity contribution in [1.29, 1.82) is 0 Å². The zero-order valence-corrected chi connectivity index (χ0v) is 18.4. The number of likely N-dealkylation sites (tertiary alicyclic amines) is 1. The van der Waals surface area contributed by atoms with E-state index in [1.807, 2.05) is 42.5 Å². The van der Waals surface area contributed by atoms with Crippen LogP contribution < -0.4 is 9.46 Å². The first-order valence-corrected chi connectivity index (χ1v) is 12.2. The second-order valence-corrected chi connectivity index (χ2v) is 9.99. The van der Waals surface area contributed by atoms with Crippen LogP contribution in [-0.2, 0) is 10.0 Å². The molecule has 0 atom stereocenters. The molecule has 0 unspecified atom stereocenters. The lowest BCUT2D eigenvalue weighted by Crippen LogP contribution is -2.31. The summed E-state index contributed by atoms with van der Waals surface area (Å²) in [4.78, 5) is 2.64. The molecular formula is C25H26N2O3S. The number of hydrogen-bond donors (Lipinski definition) is 1. The van der Waals surface area contributed by atoms with Crippen molar-refractivity contribution >= 4 is 32.1 Å². The first kappa shape index (κ1) is 20.1. The second kappa shape index (κ2) is 8.02. The van der Waals surface area contributed by atoms with Crippen LogP contribution in [0.15, 0.2) is 71.6 Å². The van der Waals surface area contributed by atoms with Crippen molar-refractivity contribution in [3.8, 4) is 5.75 Å². The first-order chi connectivity index (χ1) is 15.0. The van der Waals surface area contributed by atoms with Crippen LogP contribution in [0.2, 0.25) is 0 Å². The van der Waals surface area contributed by atoms with E-state index in [-0.39, 0.29) is 4.90 Å². The molecule has 0 saturated carbocycles. The van der Waals surface area contributed by atoms with Crippen molar-refractivity contribution in [3.05, 3.63) is 72.3 Å². The summed E-state index contributed by atoms with van der Waals surface area (Å²) in [6, 6.07) is 18.4. The molecule has 2 aliphatic rings. The highest BCUT2D eigenvalue weighted by atomic mass is 32.2. The summed E-state index contributed by atoms with van der Waals surface area (Å²) in [5, 5.41) is 1.61. The molecule has 1 fully saturated rings. The fourth-order valence-electron chi connectivity index (χ4n) is 4.62. The van der Waals surface area contributed by atoms with Gasteiger partial charge < -0.3 is 9.64 Å². The molecule has 31 heavy (non-hydrogen) atoms. The summed E-state index contributed by atoms with van der Waals surface area (Å²) in [5.41, 5.74) is 2.83. The van der Waals surface area contributed by atoms with Gasteiger partial charge in [0.1, 0.15) is 12.4 Å². The van der Waals surface area contributed by atoms with E-state index in [0.717, 1.165) is 42.6 Å². The SMILES string of the molecule is CN1CCC(C2=CCOc3ccc(NS(=O)(=O)c4cccc5ccccc45)cc32)CC1. The molecule has 0 amide bonds. The van der Waals surface area contributed by atoms with Crippen LogP contribution in [0.3, 0.4) is 0 Å². The van der Waals surface area contributed by atoms with Gasteiger partial charge in [-0.3, -0.25) is 4.72 Å². The third kappa shape index (κ3) is 3.93. The van der Waals surface area contributed by atoms with Gasteiger partial charge in [0.25, 0.3) is 10.0 Å². The number of piperidine rings is 1. The van der Waals surface area contributed by atoms with E-state index >= 15 is 0 Å². The van der Waals surface area contributed by atoms with Crippen molar-refractivity contribution in [1.82, 2.24) is 4.90 Å². The summed E-state index contributed by atoms with van der Waals surface area (Å²) < 4.78 is 35.1. The molecule has 3 aromatic rings. The third-order valence-corrected chi connectivity index (χ3v) is 7.72. The minimum Gasteiger partial charge on any atom is -0.489 e. The number of allylic oxidation sites excluding steroid dienone is 1. The van der Waals surface area contributed by atoms with Crippen LogP contribution in [0.25, 0.3) is 16.3 Å². The maximum absolute atomic E-state index is 13.2. The van der Waals surface area contributed by atoms with Gasteiger partial charge in [-0.2, -0.15) is 0 Å². The summed E-state index contributed by atoms with van der Waals surface area (Å²) in [5.74, 6) is 1.30. The number of fused-ring (bicyclic) bond motifs is 2. The van der Waals surface area contributed by atoms with E-state index in [0.29, 0.717) is 23.6 Å². The van der Waals surface area contributed by atoms with Crippen molar-refractivity contribution in [2.45, 2.75) is 17.7 Å². The van der Waals surface area contributed by atoms with E-state index < -0.39 is 10.0 Å². The Morgan fingerprint density at radius 1 is 1.00 bits per heavy atom. The molecule has 2 aliphatic heterocycles. The molecule has 160 valence electrons. The van der Waals surface area contributed by atoms with Crippen molar-refractivity contribution < 1.29 is 13.2 Å². The zero-order chi connectivity index (χ0) is 21.4. The molecule has 5 nitrogen and oxygen atoms in total. The minimum absolute atomic E-state index is 0.283. The van der Waals surface area contributed by atoms with Crippen molar-refractivity contribution in [2.24, 2.45) is 5.92 Å². The lowest BCUT2D eigenvalue weighted by Gasteiger charge is -2.32. The maximum atomic E-state index is 13.2. The highest BCUT2D eigenvalue weighted by Crippen LogP contribution is 2.40. The largest absolute Gasteiger partial charge is 0.489 e. The fourth-order valence-corrected chi connectivity index (χ4v) is 5.90. The number of hydrogen-bond acceptors (Lipinski definition) is 4. The molecule has 0 radical (unpaired) electrons. The summed E-state index contributed by atoms with van der Waals surface area (Å²) in [7, 11) is -1.58. The molecule has 0 bridgehead atoms. The van der Waals surface area contributed by atoms with Crippen molar-refractivity contribution in [3.63, 3.8) is 0 Å². The second-order valence-electron chi connectivity index (χ2n) is 8.34. The van der Waals surface area contributed by atoms with Gasteiger partial charge in [-0.15, -0.1) is 0 Å². The van der Waals surface area contributed by atoms with E-state index in [2.05, 4.69) is 22.7 Å². The molecule has 0 aromatic heterocycles. The van der Waals surface area contributed by atoms with E-state index in [1.54, 1.807) is 18.2 Å². The highest BCUT2D eigenvalue weighted by molar-refractivity contribution is 7.93. The van der Waals surface area contributed by atoms with Gasteiger partial charge in [-0.25, -0.2) is 8.42 Å². The fraction of sp³-hybridized carbons (Fsp3) is 0.280. The quantitative estimate of drug-likeness (QED) is 0.643. The number of anilines is 1. The minimum atomic E-state index is -3.73. The van der Waals surface area contributed by atoms with Crippen LogP contribution in [-0.4, -0.2) is 40.1 Å². The van der Waals surface area contributed by atoms with E-state index in [9.17, 15) is 8.42 Å². The van der Waals surface area contributed by atoms with Crippen LogP contribution in [0.5, 0.6) is 5.75 Å². The topological polar surface area (TPSA) is 58.6 Å². The smallest absolute Gasteiger partial charge is 0.262 e. The Morgan fingerprint density at radius 2 is 1.77 bits per heavy atom. The molecule has 6 heteroatoms. The average Bonchev–Trinajstić information content (AvgIpc) is 2.78. The van der Waals surface area contributed by atoms with Crippen LogP contribution in [0, 0.1) is 5.92 Å². The number of sulfonamides is 1. The molecule has 3 aromatic carbocycles. The van der Waals surface area contributed by atoms with Gasteiger partial charge in [-0.05, 0) is 80.2 Å². The van der Waals surface area contributed by atoms with Gasteiger partial charge in [-0.1, -0.05) is 36.4 Å². The molecule has 1 N–H and O–H groups in total. The van der Waals surface area contributed by atoms with E-state index in [4.69, 9.17) is 4.74 Å². The number of rotatable bonds is 4. The Kier molecular flexibility index (Phi) is 5.20. The Morgan fingerprint density at radius 3 is 2.61 bits per heavy atom. The van der Waals surface area contributed by atoms with Gasteiger partial charge >= 0.3 is 0 Å². The van der Waals surface area contributed by atoms with Crippen LogP contribution >= 0.6 is 0 Å². The predicted octanol–water partition coefficient (Wildman–Crippen LogP) is 4.76. The van der Waals surface area contributed by atoms with Crippen LogP contribution in [0.4, 0.5) is 5.69 Å². The molecule has 0 spiro atoms. The molecule has 0 aliphatic carbocycles. The normalized spacial score (nSPS) is 17.6. The highest BCUT2D eigenvalue weighted by Gasteiger charge is 2.26. The average molecular weight is 435 g/mol. The predicted molar refractivity (Wildman–Crippen MR) is 125 cm³/mol. The van der Waals surface area contributed by atoms with Gasteiger partial charge in [0.15, 0.2) is 0 Å². The standard InChI is InChI=1S/C25H26N2O3S/c1-27-14-11-19(12-15-27)21-13-16-30-24-10-9-20(17-23(21)24)26-31(28,29)25-8-4-6-18-5-2-3-7-22(18)25/h2-10,13,17,19,26H,11-12,14-16H2,1H3. The molecule has 1 saturated heterocycles. The third-order valence-electron chi connectivity index (χ3n) is 6.28. The Hall–Kier alpha value is -2.83. The Balaban J connectivity index is 1.47. The van der Waals surface area contributed by atoms with Gasteiger partial charge in [0, 0.05) is 16.6 Å². The number of ether oxygens (including phenoxy) is 1. The van der Waals surface area contributed by atoms with Gasteiger partial charge in [0.2, 0.25) is 0 Å². The number of nitrogens with zero attached hydrogens (tertiary/aromatic N) is 1. The monoisotopic (exact) mass is 434 g/mol. The Labute approximate surface area is 183 Å². The van der Waals surface area contributed by atoms with E-state index in [1.165, 1.54) is 5.57 Å². The lowest BCUT2D eigenvalue weighted by molar-refractivity contribution is 0.246. The zero-order valence-electron chi connectivity index (χ0n) is 17.5.